The van der Waals surface area contributed by atoms with Crippen molar-refractivity contribution in [3.63, 3.8) is 0 Å². The minimum atomic E-state index is -0.812. The quantitative estimate of drug-likeness (QED) is 0.792. The van der Waals surface area contributed by atoms with Crippen molar-refractivity contribution in [2.24, 2.45) is 0 Å². The van der Waals surface area contributed by atoms with E-state index in [0.717, 1.165) is 17.5 Å². The molecule has 0 fully saturated rings. The minimum Gasteiger partial charge on any atom is -0.494 e. The number of rotatable bonds is 5. The van der Waals surface area contributed by atoms with Crippen molar-refractivity contribution in [2.45, 2.75) is 25.7 Å². The van der Waals surface area contributed by atoms with Crippen LogP contribution in [0.1, 0.15) is 35.2 Å². The number of benzene rings is 1. The Hall–Kier alpha value is -1.84. The van der Waals surface area contributed by atoms with Crippen molar-refractivity contribution in [1.29, 1.82) is 0 Å². The Morgan fingerprint density at radius 3 is 2.94 bits per heavy atom. The van der Waals surface area contributed by atoms with Gasteiger partial charge in [0, 0.05) is 18.4 Å². The molecule has 4 nitrogen and oxygen atoms in total. The van der Waals surface area contributed by atoms with Gasteiger partial charge in [0.25, 0.3) is 0 Å². The molecule has 0 atom stereocenters. The number of carboxylic acids is 1. The van der Waals surface area contributed by atoms with Crippen LogP contribution in [0.3, 0.4) is 0 Å². The highest BCUT2D eigenvalue weighted by molar-refractivity contribution is 6.00. The van der Waals surface area contributed by atoms with Crippen LogP contribution < -0.4 is 4.74 Å². The van der Waals surface area contributed by atoms with E-state index < -0.39 is 5.97 Å². The van der Waals surface area contributed by atoms with Crippen LogP contribution in [0.2, 0.25) is 0 Å². The summed E-state index contributed by atoms with van der Waals surface area (Å²) >= 11 is 0. The Bertz CT molecular complexity index is 451. The van der Waals surface area contributed by atoms with Gasteiger partial charge in [-0.2, -0.15) is 0 Å². The van der Waals surface area contributed by atoms with Gasteiger partial charge in [-0.1, -0.05) is 0 Å². The zero-order valence-electron chi connectivity index (χ0n) is 9.44. The van der Waals surface area contributed by atoms with Crippen molar-refractivity contribution in [3.05, 3.63) is 29.3 Å². The lowest BCUT2D eigenvalue weighted by Crippen LogP contribution is -2.02. The average molecular weight is 234 g/mol. The van der Waals surface area contributed by atoms with Gasteiger partial charge in [0.2, 0.25) is 0 Å². The molecule has 1 aliphatic rings. The van der Waals surface area contributed by atoms with Gasteiger partial charge < -0.3 is 9.84 Å². The highest BCUT2D eigenvalue weighted by Crippen LogP contribution is 2.26. The monoisotopic (exact) mass is 234 g/mol. The van der Waals surface area contributed by atoms with E-state index in [9.17, 15) is 9.59 Å². The molecule has 90 valence electrons. The molecule has 0 bridgehead atoms. The second kappa shape index (κ2) is 4.99. The molecule has 0 radical (unpaired) electrons. The van der Waals surface area contributed by atoms with Gasteiger partial charge in [0.15, 0.2) is 5.78 Å². The van der Waals surface area contributed by atoms with E-state index >= 15 is 0 Å². The maximum absolute atomic E-state index is 11.4. The van der Waals surface area contributed by atoms with Crippen molar-refractivity contribution < 1.29 is 19.4 Å². The molecular formula is C13H14O4. The van der Waals surface area contributed by atoms with E-state index in [1.165, 1.54) is 0 Å². The number of hydrogen-bond donors (Lipinski definition) is 1. The zero-order chi connectivity index (χ0) is 12.3. The predicted molar refractivity (Wildman–Crippen MR) is 61.5 cm³/mol. The molecule has 0 aliphatic heterocycles. The molecule has 0 amide bonds. The standard InChI is InChI=1S/C13H14O4/c14-12-6-3-9-8-10(4-5-11(9)12)17-7-1-2-13(15)16/h4-5,8H,1-3,6-7H2,(H,15,16). The van der Waals surface area contributed by atoms with Crippen LogP contribution in [-0.4, -0.2) is 23.5 Å². The second-order valence-corrected chi connectivity index (χ2v) is 4.09. The van der Waals surface area contributed by atoms with Gasteiger partial charge in [-0.3, -0.25) is 9.59 Å². The van der Waals surface area contributed by atoms with Crippen LogP contribution in [-0.2, 0) is 11.2 Å². The first-order valence-electron chi connectivity index (χ1n) is 5.67. The molecule has 4 heteroatoms. The van der Waals surface area contributed by atoms with Gasteiger partial charge in [0.1, 0.15) is 5.75 Å². The maximum atomic E-state index is 11.4. The summed E-state index contributed by atoms with van der Waals surface area (Å²) in [5, 5.41) is 8.47. The Morgan fingerprint density at radius 1 is 1.35 bits per heavy atom. The smallest absolute Gasteiger partial charge is 0.303 e. The summed E-state index contributed by atoms with van der Waals surface area (Å²) in [6.07, 6.45) is 1.97. The fraction of sp³-hybridized carbons (Fsp3) is 0.385. The van der Waals surface area contributed by atoms with Crippen LogP contribution >= 0.6 is 0 Å². The molecule has 0 heterocycles. The summed E-state index contributed by atoms with van der Waals surface area (Å²) in [4.78, 5) is 21.7. The fourth-order valence-electron chi connectivity index (χ4n) is 1.94. The van der Waals surface area contributed by atoms with E-state index in [2.05, 4.69) is 0 Å². The number of Topliss-reactive ketones (excluding diaryl/α,β-unsaturated/α-hetero) is 1. The SMILES string of the molecule is O=C(O)CCCOc1ccc2c(c1)CCC2=O. The molecule has 1 aromatic carbocycles. The molecule has 0 unspecified atom stereocenters. The van der Waals surface area contributed by atoms with Gasteiger partial charge in [-0.05, 0) is 36.6 Å². The summed E-state index contributed by atoms with van der Waals surface area (Å²) in [6.45, 7) is 0.388. The molecule has 1 aromatic rings. The molecule has 0 spiro atoms. The van der Waals surface area contributed by atoms with Crippen molar-refractivity contribution in [1.82, 2.24) is 0 Å². The number of ether oxygens (including phenoxy) is 1. The Morgan fingerprint density at radius 2 is 2.18 bits per heavy atom. The topological polar surface area (TPSA) is 63.6 Å². The summed E-state index contributed by atoms with van der Waals surface area (Å²) in [6, 6.07) is 5.43. The van der Waals surface area contributed by atoms with Crippen molar-refractivity contribution in [2.75, 3.05) is 6.61 Å². The highest BCUT2D eigenvalue weighted by atomic mass is 16.5. The summed E-state index contributed by atoms with van der Waals surface area (Å²) in [5.74, 6) is 0.0921. The number of carbonyl (C=O) groups excluding carboxylic acids is 1. The van der Waals surface area contributed by atoms with Gasteiger partial charge >= 0.3 is 5.97 Å². The highest BCUT2D eigenvalue weighted by Gasteiger charge is 2.19. The molecule has 17 heavy (non-hydrogen) atoms. The summed E-state index contributed by atoms with van der Waals surface area (Å²) < 4.78 is 5.44. The van der Waals surface area contributed by atoms with E-state index in [-0.39, 0.29) is 12.2 Å². The molecule has 1 aliphatic carbocycles. The van der Waals surface area contributed by atoms with Gasteiger partial charge in [-0.15, -0.1) is 0 Å². The summed E-state index contributed by atoms with van der Waals surface area (Å²) in [7, 11) is 0. The molecule has 0 saturated carbocycles. The third-order valence-electron chi connectivity index (χ3n) is 2.80. The maximum Gasteiger partial charge on any atom is 0.303 e. The van der Waals surface area contributed by atoms with Crippen LogP contribution in [0.5, 0.6) is 5.75 Å². The number of ketones is 1. The number of aliphatic carboxylic acids is 1. The Balaban J connectivity index is 1.90. The van der Waals surface area contributed by atoms with Crippen molar-refractivity contribution >= 4 is 11.8 Å². The first-order chi connectivity index (χ1) is 8.16. The third kappa shape index (κ3) is 2.84. The lowest BCUT2D eigenvalue weighted by molar-refractivity contribution is -0.137. The van der Waals surface area contributed by atoms with Gasteiger partial charge in [-0.25, -0.2) is 0 Å². The lowest BCUT2D eigenvalue weighted by Gasteiger charge is -2.06. The summed E-state index contributed by atoms with van der Waals surface area (Å²) in [5.41, 5.74) is 1.83. The average Bonchev–Trinajstić information content (AvgIpc) is 2.66. The third-order valence-corrected chi connectivity index (χ3v) is 2.80. The zero-order valence-corrected chi connectivity index (χ0v) is 9.44. The second-order valence-electron chi connectivity index (χ2n) is 4.09. The first-order valence-corrected chi connectivity index (χ1v) is 5.67. The number of carbonyl (C=O) groups is 2. The van der Waals surface area contributed by atoms with Crippen molar-refractivity contribution in [3.8, 4) is 5.75 Å². The lowest BCUT2D eigenvalue weighted by atomic mass is 10.1. The van der Waals surface area contributed by atoms with E-state index in [1.54, 1.807) is 12.1 Å². The first kappa shape index (κ1) is 11.6. The molecule has 1 N–H and O–H groups in total. The molecular weight excluding hydrogens is 220 g/mol. The van der Waals surface area contributed by atoms with Crippen LogP contribution in [0.4, 0.5) is 0 Å². The number of hydrogen-bond acceptors (Lipinski definition) is 3. The van der Waals surface area contributed by atoms with Crippen LogP contribution in [0, 0.1) is 0 Å². The fourth-order valence-corrected chi connectivity index (χ4v) is 1.94. The number of aryl methyl sites for hydroxylation is 1. The van der Waals surface area contributed by atoms with E-state index in [4.69, 9.17) is 9.84 Å². The Kier molecular flexibility index (Phi) is 3.42. The van der Waals surface area contributed by atoms with E-state index in [0.29, 0.717) is 25.2 Å². The number of fused-ring (bicyclic) bond motifs is 1. The van der Waals surface area contributed by atoms with E-state index in [1.807, 2.05) is 6.07 Å². The van der Waals surface area contributed by atoms with Crippen LogP contribution in [0.25, 0.3) is 0 Å². The number of carboxylic acid groups (broad SMARTS) is 1. The molecule has 2 rings (SSSR count). The largest absolute Gasteiger partial charge is 0.494 e. The van der Waals surface area contributed by atoms with Gasteiger partial charge in [0.05, 0.1) is 6.61 Å². The Labute approximate surface area is 99.2 Å². The van der Waals surface area contributed by atoms with Crippen LogP contribution in [0.15, 0.2) is 18.2 Å². The molecule has 0 aromatic heterocycles. The normalized spacial score (nSPS) is 13.5. The predicted octanol–water partition coefficient (Wildman–Crippen LogP) is 2.06. The minimum absolute atomic E-state index is 0.115. The molecule has 0 saturated heterocycles.